The number of primary amides is 1. The summed E-state index contributed by atoms with van der Waals surface area (Å²) in [6.45, 7) is -0.277. The van der Waals surface area contributed by atoms with Crippen molar-refractivity contribution in [1.29, 1.82) is 0 Å². The number of benzene rings is 3. The van der Waals surface area contributed by atoms with Crippen LogP contribution in [0.25, 0.3) is 11.1 Å². The van der Waals surface area contributed by atoms with E-state index in [2.05, 4.69) is 0 Å². The van der Waals surface area contributed by atoms with E-state index >= 15 is 0 Å². The first-order valence-electron chi connectivity index (χ1n) is 8.30. The molecule has 0 radical (unpaired) electrons. The number of carbonyl (C=O) groups excluding carboxylic acids is 1. The van der Waals surface area contributed by atoms with Gasteiger partial charge in [0, 0.05) is 22.0 Å². The van der Waals surface area contributed by atoms with Gasteiger partial charge in [-0.05, 0) is 53.1 Å². The maximum atomic E-state index is 13.5. The lowest BCUT2D eigenvalue weighted by Gasteiger charge is -2.12. The normalized spacial score (nSPS) is 10.7. The van der Waals surface area contributed by atoms with Gasteiger partial charge in [0.2, 0.25) is 0 Å². The summed E-state index contributed by atoms with van der Waals surface area (Å²) in [5.74, 6) is -0.615. The molecule has 0 spiro atoms. The second-order valence-electron chi connectivity index (χ2n) is 6.16. The highest BCUT2D eigenvalue weighted by Crippen LogP contribution is 2.35. The third kappa shape index (κ3) is 4.74. The van der Waals surface area contributed by atoms with Gasteiger partial charge in [0.05, 0.1) is 0 Å². The van der Waals surface area contributed by atoms with Gasteiger partial charge in [0.25, 0.3) is 5.91 Å². The molecule has 0 fully saturated rings. The second-order valence-corrected chi connectivity index (χ2v) is 6.97. The Morgan fingerprint density at radius 2 is 1.79 bits per heavy atom. The molecule has 0 unspecified atom stereocenters. The van der Waals surface area contributed by atoms with Gasteiger partial charge in [-0.2, -0.15) is 0 Å². The summed E-state index contributed by atoms with van der Waals surface area (Å²) in [7, 11) is 0. The Balaban J connectivity index is 1.90. The molecule has 0 aromatic heterocycles. The first-order chi connectivity index (χ1) is 13.3. The lowest BCUT2D eigenvalue weighted by molar-refractivity contribution is -0.119. The topological polar surface area (TPSA) is 72.6 Å². The van der Waals surface area contributed by atoms with E-state index in [9.17, 15) is 14.3 Å². The first kappa shape index (κ1) is 20.0. The number of aromatic hydroxyl groups is 1. The number of ether oxygens (including phenoxy) is 1. The molecule has 144 valence electrons. The Morgan fingerprint density at radius 1 is 1.07 bits per heavy atom. The molecule has 3 N–H and O–H groups in total. The van der Waals surface area contributed by atoms with Crippen LogP contribution in [-0.4, -0.2) is 17.6 Å². The summed E-state index contributed by atoms with van der Waals surface area (Å²) in [5.41, 5.74) is 7.61. The quantitative estimate of drug-likeness (QED) is 0.592. The van der Waals surface area contributed by atoms with E-state index in [-0.39, 0.29) is 18.2 Å². The van der Waals surface area contributed by atoms with E-state index in [0.717, 1.165) is 5.56 Å². The minimum Gasteiger partial charge on any atom is -0.507 e. The number of halogens is 3. The van der Waals surface area contributed by atoms with Crippen LogP contribution >= 0.6 is 23.2 Å². The van der Waals surface area contributed by atoms with Crippen LogP contribution in [0.4, 0.5) is 4.39 Å². The molecule has 0 bridgehead atoms. The van der Waals surface area contributed by atoms with E-state index in [1.165, 1.54) is 12.1 Å². The second kappa shape index (κ2) is 8.50. The van der Waals surface area contributed by atoms with Gasteiger partial charge in [-0.25, -0.2) is 4.39 Å². The van der Waals surface area contributed by atoms with Gasteiger partial charge >= 0.3 is 0 Å². The first-order valence-corrected chi connectivity index (χ1v) is 9.06. The van der Waals surface area contributed by atoms with Gasteiger partial charge in [0.1, 0.15) is 17.3 Å². The predicted octanol–water partition coefficient (Wildman–Crippen LogP) is 4.96. The van der Waals surface area contributed by atoms with Crippen molar-refractivity contribution in [2.75, 3.05) is 6.61 Å². The third-order valence-corrected chi connectivity index (χ3v) is 4.75. The summed E-state index contributed by atoms with van der Waals surface area (Å²) in [4.78, 5) is 10.8. The van der Waals surface area contributed by atoms with Gasteiger partial charge in [0.15, 0.2) is 6.61 Å². The summed E-state index contributed by atoms with van der Waals surface area (Å²) in [5, 5.41) is 10.9. The van der Waals surface area contributed by atoms with Crippen LogP contribution in [0.1, 0.15) is 11.1 Å². The van der Waals surface area contributed by atoms with Crippen LogP contribution in [0.5, 0.6) is 11.5 Å². The Kier molecular flexibility index (Phi) is 6.07. The van der Waals surface area contributed by atoms with Crippen LogP contribution in [0.15, 0.2) is 54.6 Å². The fraction of sp³-hybridized carbons (Fsp3) is 0.0952. The standard InChI is InChI=1S/C21H16Cl2FNO3/c22-18-9-15(28-11-21(25)27)10-19(23)17(18)7-12-4-5-20(26)16(6-12)13-2-1-3-14(24)8-13/h1-6,8-10,26H,7,11H2,(H2,25,27). The van der Waals surface area contributed by atoms with Crippen LogP contribution in [-0.2, 0) is 11.2 Å². The maximum Gasteiger partial charge on any atom is 0.255 e. The van der Waals surface area contributed by atoms with E-state index in [1.54, 1.807) is 42.5 Å². The highest BCUT2D eigenvalue weighted by molar-refractivity contribution is 6.36. The SMILES string of the molecule is NC(=O)COc1cc(Cl)c(Cc2ccc(O)c(-c3cccc(F)c3)c2)c(Cl)c1. The van der Waals surface area contributed by atoms with E-state index in [1.807, 2.05) is 0 Å². The van der Waals surface area contributed by atoms with E-state index in [4.69, 9.17) is 33.7 Å². The van der Waals surface area contributed by atoms with Crippen LogP contribution in [0, 0.1) is 5.82 Å². The van der Waals surface area contributed by atoms with Crippen LogP contribution in [0.2, 0.25) is 10.0 Å². The number of rotatable bonds is 6. The lowest BCUT2D eigenvalue weighted by Crippen LogP contribution is -2.20. The zero-order chi connectivity index (χ0) is 20.3. The minimum atomic E-state index is -0.606. The van der Waals surface area contributed by atoms with Crippen molar-refractivity contribution < 1.29 is 19.0 Å². The molecule has 0 heterocycles. The molecule has 0 atom stereocenters. The monoisotopic (exact) mass is 419 g/mol. The smallest absolute Gasteiger partial charge is 0.255 e. The van der Waals surface area contributed by atoms with Gasteiger partial charge in [-0.1, -0.05) is 41.4 Å². The molecular formula is C21H16Cl2FNO3. The number of phenolic OH excluding ortho intramolecular Hbond substituents is 1. The molecule has 1 amide bonds. The largest absolute Gasteiger partial charge is 0.507 e. The molecular weight excluding hydrogens is 404 g/mol. The van der Waals surface area contributed by atoms with Crippen LogP contribution < -0.4 is 10.5 Å². The molecule has 3 aromatic carbocycles. The van der Waals surface area contributed by atoms with E-state index < -0.39 is 5.91 Å². The molecule has 0 saturated carbocycles. The lowest BCUT2D eigenvalue weighted by atomic mass is 9.98. The highest BCUT2D eigenvalue weighted by Gasteiger charge is 2.13. The van der Waals surface area contributed by atoms with Crippen molar-refractivity contribution in [3.8, 4) is 22.6 Å². The zero-order valence-electron chi connectivity index (χ0n) is 14.6. The average molecular weight is 420 g/mol. The van der Waals surface area contributed by atoms with Crippen molar-refractivity contribution in [3.63, 3.8) is 0 Å². The number of nitrogens with two attached hydrogens (primary N) is 1. The zero-order valence-corrected chi connectivity index (χ0v) is 16.1. The molecule has 7 heteroatoms. The third-order valence-electron chi connectivity index (χ3n) is 4.07. The Morgan fingerprint density at radius 3 is 2.43 bits per heavy atom. The number of phenols is 1. The predicted molar refractivity (Wildman–Crippen MR) is 107 cm³/mol. The van der Waals surface area contributed by atoms with Gasteiger partial charge in [-0.3, -0.25) is 4.79 Å². The van der Waals surface area contributed by atoms with Crippen molar-refractivity contribution >= 4 is 29.1 Å². The minimum absolute atomic E-state index is 0.0433. The fourth-order valence-electron chi connectivity index (χ4n) is 2.77. The molecule has 3 rings (SSSR count). The van der Waals surface area contributed by atoms with Gasteiger partial charge < -0.3 is 15.6 Å². The molecule has 0 aliphatic rings. The number of carbonyl (C=O) groups is 1. The molecule has 28 heavy (non-hydrogen) atoms. The summed E-state index contributed by atoms with van der Waals surface area (Å²) < 4.78 is 18.8. The Bertz CT molecular complexity index is 1020. The summed E-state index contributed by atoms with van der Waals surface area (Å²) in [6, 6.07) is 14.1. The molecule has 0 aliphatic carbocycles. The molecule has 0 aliphatic heterocycles. The van der Waals surface area contributed by atoms with E-state index in [0.29, 0.717) is 38.9 Å². The molecule has 0 saturated heterocycles. The van der Waals surface area contributed by atoms with Crippen molar-refractivity contribution in [2.24, 2.45) is 5.73 Å². The Hall–Kier alpha value is -2.76. The summed E-state index contributed by atoms with van der Waals surface area (Å²) >= 11 is 12.7. The molecule has 3 aromatic rings. The number of hydrogen-bond donors (Lipinski definition) is 2. The van der Waals surface area contributed by atoms with Crippen molar-refractivity contribution in [2.45, 2.75) is 6.42 Å². The average Bonchev–Trinajstić information content (AvgIpc) is 2.64. The molecule has 4 nitrogen and oxygen atoms in total. The van der Waals surface area contributed by atoms with Crippen molar-refractivity contribution in [3.05, 3.63) is 81.6 Å². The van der Waals surface area contributed by atoms with Crippen molar-refractivity contribution in [1.82, 2.24) is 0 Å². The highest BCUT2D eigenvalue weighted by atomic mass is 35.5. The summed E-state index contributed by atoms with van der Waals surface area (Å²) in [6.07, 6.45) is 0.385. The number of hydrogen-bond acceptors (Lipinski definition) is 3. The van der Waals surface area contributed by atoms with Gasteiger partial charge in [-0.15, -0.1) is 0 Å². The fourth-order valence-corrected chi connectivity index (χ4v) is 3.37. The Labute approximate surface area is 171 Å². The maximum absolute atomic E-state index is 13.5. The number of amides is 1. The van der Waals surface area contributed by atoms with Crippen LogP contribution in [0.3, 0.4) is 0 Å².